The molecule has 0 aromatic heterocycles. The van der Waals surface area contributed by atoms with Crippen LogP contribution >= 0.6 is 11.6 Å². The van der Waals surface area contributed by atoms with Crippen molar-refractivity contribution in [3.05, 3.63) is 70.7 Å². The molecular formula is C18H20ClNO3S. The maximum absolute atomic E-state index is 12.2. The molecule has 4 nitrogen and oxygen atoms in total. The molecule has 1 N–H and O–H groups in total. The van der Waals surface area contributed by atoms with Gasteiger partial charge in [0.2, 0.25) is 5.91 Å². The SMILES string of the molecule is CC(NC(=O)CCS(=O)(=O)Cc1ccccc1Cl)c1ccccc1. The average Bonchev–Trinajstić information content (AvgIpc) is 2.56. The van der Waals surface area contributed by atoms with E-state index in [0.29, 0.717) is 10.6 Å². The Morgan fingerprint density at radius 1 is 1.08 bits per heavy atom. The summed E-state index contributed by atoms with van der Waals surface area (Å²) in [5.74, 6) is -0.645. The summed E-state index contributed by atoms with van der Waals surface area (Å²) in [6.07, 6.45) is -0.0655. The first-order valence-electron chi connectivity index (χ1n) is 7.65. The van der Waals surface area contributed by atoms with Crippen molar-refractivity contribution < 1.29 is 13.2 Å². The maximum Gasteiger partial charge on any atom is 0.221 e. The van der Waals surface area contributed by atoms with Crippen LogP contribution in [0.3, 0.4) is 0 Å². The van der Waals surface area contributed by atoms with Crippen LogP contribution in [0.2, 0.25) is 5.02 Å². The van der Waals surface area contributed by atoms with Crippen molar-refractivity contribution in [2.75, 3.05) is 5.75 Å². The fraction of sp³-hybridized carbons (Fsp3) is 0.278. The van der Waals surface area contributed by atoms with E-state index in [1.165, 1.54) is 0 Å². The van der Waals surface area contributed by atoms with Crippen LogP contribution < -0.4 is 5.32 Å². The van der Waals surface area contributed by atoms with E-state index in [4.69, 9.17) is 11.6 Å². The fourth-order valence-electron chi connectivity index (χ4n) is 2.31. The molecule has 0 saturated carbocycles. The van der Waals surface area contributed by atoms with Gasteiger partial charge in [-0.2, -0.15) is 0 Å². The molecule has 0 saturated heterocycles. The lowest BCUT2D eigenvalue weighted by molar-refractivity contribution is -0.121. The first-order chi connectivity index (χ1) is 11.4. The van der Waals surface area contributed by atoms with Gasteiger partial charge in [-0.05, 0) is 24.1 Å². The number of amides is 1. The second kappa shape index (κ2) is 8.31. The van der Waals surface area contributed by atoms with Crippen molar-refractivity contribution >= 4 is 27.3 Å². The van der Waals surface area contributed by atoms with E-state index < -0.39 is 9.84 Å². The third-order valence-electron chi connectivity index (χ3n) is 3.65. The highest BCUT2D eigenvalue weighted by Gasteiger charge is 2.17. The molecule has 0 radical (unpaired) electrons. The number of nitrogens with one attached hydrogen (secondary N) is 1. The summed E-state index contributed by atoms with van der Waals surface area (Å²) < 4.78 is 24.3. The standard InChI is InChI=1S/C18H20ClNO3S/c1-14(15-7-3-2-4-8-15)20-18(21)11-12-24(22,23)13-16-9-5-6-10-17(16)19/h2-10,14H,11-13H2,1H3,(H,20,21). The number of rotatable bonds is 7. The van der Waals surface area contributed by atoms with Crippen molar-refractivity contribution in [3.63, 3.8) is 0 Å². The lowest BCUT2D eigenvalue weighted by atomic mass is 10.1. The Morgan fingerprint density at radius 3 is 2.38 bits per heavy atom. The number of carbonyl (C=O) groups excluding carboxylic acids is 1. The topological polar surface area (TPSA) is 63.2 Å². The molecule has 0 aliphatic carbocycles. The van der Waals surface area contributed by atoms with E-state index in [9.17, 15) is 13.2 Å². The van der Waals surface area contributed by atoms with Gasteiger partial charge >= 0.3 is 0 Å². The first kappa shape index (κ1) is 18.5. The van der Waals surface area contributed by atoms with Gasteiger partial charge in [0, 0.05) is 11.4 Å². The Bertz CT molecular complexity index is 791. The Balaban J connectivity index is 1.87. The van der Waals surface area contributed by atoms with Crippen LogP contribution in [0, 0.1) is 0 Å². The highest BCUT2D eigenvalue weighted by atomic mass is 35.5. The van der Waals surface area contributed by atoms with Gasteiger partial charge in [-0.1, -0.05) is 60.1 Å². The van der Waals surface area contributed by atoms with Gasteiger partial charge in [0.25, 0.3) is 0 Å². The minimum Gasteiger partial charge on any atom is -0.350 e. The summed E-state index contributed by atoms with van der Waals surface area (Å²) in [5.41, 5.74) is 1.53. The molecule has 2 aromatic carbocycles. The van der Waals surface area contributed by atoms with Gasteiger partial charge < -0.3 is 5.32 Å². The molecule has 0 aliphatic rings. The third kappa shape index (κ3) is 5.65. The Hall–Kier alpha value is -1.85. The van der Waals surface area contributed by atoms with E-state index in [-0.39, 0.29) is 29.9 Å². The van der Waals surface area contributed by atoms with Crippen molar-refractivity contribution in [2.24, 2.45) is 0 Å². The summed E-state index contributed by atoms with van der Waals surface area (Å²) >= 11 is 5.99. The Labute approximate surface area is 147 Å². The van der Waals surface area contributed by atoms with Crippen molar-refractivity contribution in [1.29, 1.82) is 0 Å². The fourth-order valence-corrected chi connectivity index (χ4v) is 3.96. The molecule has 1 amide bonds. The molecule has 1 atom stereocenters. The predicted octanol–water partition coefficient (Wildman–Crippen LogP) is 3.52. The highest BCUT2D eigenvalue weighted by molar-refractivity contribution is 7.90. The van der Waals surface area contributed by atoms with Crippen molar-refractivity contribution in [1.82, 2.24) is 5.32 Å². The molecule has 2 aromatic rings. The van der Waals surface area contributed by atoms with Gasteiger partial charge in [-0.25, -0.2) is 8.42 Å². The zero-order chi connectivity index (χ0) is 17.6. The summed E-state index contributed by atoms with van der Waals surface area (Å²) in [7, 11) is -3.40. The largest absolute Gasteiger partial charge is 0.350 e. The van der Waals surface area contributed by atoms with Gasteiger partial charge in [-0.3, -0.25) is 4.79 Å². The highest BCUT2D eigenvalue weighted by Crippen LogP contribution is 2.18. The number of hydrogen-bond acceptors (Lipinski definition) is 3. The molecule has 6 heteroatoms. The molecule has 0 fully saturated rings. The molecule has 24 heavy (non-hydrogen) atoms. The zero-order valence-electron chi connectivity index (χ0n) is 13.4. The summed E-state index contributed by atoms with van der Waals surface area (Å²) in [6, 6.07) is 16.2. The monoisotopic (exact) mass is 365 g/mol. The Morgan fingerprint density at radius 2 is 1.71 bits per heavy atom. The normalized spacial score (nSPS) is 12.6. The number of halogens is 1. The van der Waals surface area contributed by atoms with E-state index in [1.807, 2.05) is 37.3 Å². The van der Waals surface area contributed by atoms with Gasteiger partial charge in [0.05, 0.1) is 17.5 Å². The number of benzene rings is 2. The molecule has 128 valence electrons. The second-order valence-electron chi connectivity index (χ2n) is 5.63. The number of hydrogen-bond donors (Lipinski definition) is 1. The molecule has 2 rings (SSSR count). The smallest absolute Gasteiger partial charge is 0.221 e. The number of carbonyl (C=O) groups is 1. The molecule has 1 unspecified atom stereocenters. The van der Waals surface area contributed by atoms with Crippen LogP contribution in [0.25, 0.3) is 0 Å². The van der Waals surface area contributed by atoms with Gasteiger partial charge in [-0.15, -0.1) is 0 Å². The molecule has 0 bridgehead atoms. The van der Waals surface area contributed by atoms with E-state index >= 15 is 0 Å². The quantitative estimate of drug-likeness (QED) is 0.816. The van der Waals surface area contributed by atoms with Crippen LogP contribution in [0.4, 0.5) is 0 Å². The van der Waals surface area contributed by atoms with Crippen LogP contribution in [0.15, 0.2) is 54.6 Å². The van der Waals surface area contributed by atoms with Gasteiger partial charge in [0.1, 0.15) is 0 Å². The lowest BCUT2D eigenvalue weighted by Gasteiger charge is -2.14. The van der Waals surface area contributed by atoms with E-state index in [1.54, 1.807) is 24.3 Å². The summed E-state index contributed by atoms with van der Waals surface area (Å²) in [6.45, 7) is 1.87. The summed E-state index contributed by atoms with van der Waals surface area (Å²) in [4.78, 5) is 12.0. The summed E-state index contributed by atoms with van der Waals surface area (Å²) in [5, 5.41) is 3.23. The number of sulfone groups is 1. The molecule has 0 aliphatic heterocycles. The van der Waals surface area contributed by atoms with E-state index in [2.05, 4.69) is 5.32 Å². The molecule has 0 heterocycles. The van der Waals surface area contributed by atoms with Crippen LogP contribution in [-0.4, -0.2) is 20.1 Å². The van der Waals surface area contributed by atoms with Crippen LogP contribution in [-0.2, 0) is 20.4 Å². The minimum atomic E-state index is -3.40. The minimum absolute atomic E-state index is 0.0655. The maximum atomic E-state index is 12.2. The average molecular weight is 366 g/mol. The Kier molecular flexibility index (Phi) is 6.40. The lowest BCUT2D eigenvalue weighted by Crippen LogP contribution is -2.28. The van der Waals surface area contributed by atoms with Crippen LogP contribution in [0.1, 0.15) is 30.5 Å². The van der Waals surface area contributed by atoms with Gasteiger partial charge in [0.15, 0.2) is 9.84 Å². The van der Waals surface area contributed by atoms with Crippen molar-refractivity contribution in [3.8, 4) is 0 Å². The first-order valence-corrected chi connectivity index (χ1v) is 9.85. The van der Waals surface area contributed by atoms with E-state index in [0.717, 1.165) is 5.56 Å². The van der Waals surface area contributed by atoms with Crippen molar-refractivity contribution in [2.45, 2.75) is 25.1 Å². The molecular weight excluding hydrogens is 346 g/mol. The zero-order valence-corrected chi connectivity index (χ0v) is 15.0. The second-order valence-corrected chi connectivity index (χ2v) is 8.22. The molecule has 0 spiro atoms. The third-order valence-corrected chi connectivity index (χ3v) is 5.60. The predicted molar refractivity (Wildman–Crippen MR) is 96.6 cm³/mol. The van der Waals surface area contributed by atoms with Crippen LogP contribution in [0.5, 0.6) is 0 Å².